The molecule has 0 spiro atoms. The summed E-state index contributed by atoms with van der Waals surface area (Å²) >= 11 is 0. The van der Waals surface area contributed by atoms with Crippen LogP contribution in [0.25, 0.3) is 0 Å². The first kappa shape index (κ1) is 22.3. The lowest BCUT2D eigenvalue weighted by Gasteiger charge is -2.37. The number of aliphatic hydroxyl groups excluding tert-OH is 1. The van der Waals surface area contributed by atoms with Crippen LogP contribution in [0.2, 0.25) is 0 Å². The Kier molecular flexibility index (Phi) is 6.18. The molecule has 0 saturated heterocycles. The molecule has 3 aliphatic carbocycles. The molecule has 0 radical (unpaired) electrons. The van der Waals surface area contributed by atoms with E-state index < -0.39 is 17.7 Å². The minimum Gasteiger partial charge on any atom is -0.481 e. The maximum atomic E-state index is 11.7. The summed E-state index contributed by atoms with van der Waals surface area (Å²) in [7, 11) is 0. The Bertz CT molecular complexity index is 731. The Morgan fingerprint density at radius 3 is 2.59 bits per heavy atom. The number of allylic oxidation sites excluding steroid dienone is 3. The number of hydrogen-bond acceptors (Lipinski definition) is 3. The van der Waals surface area contributed by atoms with Crippen LogP contribution in [0.5, 0.6) is 0 Å². The molecule has 162 valence electrons. The Labute approximate surface area is 175 Å². The van der Waals surface area contributed by atoms with Gasteiger partial charge in [0.15, 0.2) is 0 Å². The van der Waals surface area contributed by atoms with Crippen LogP contribution in [-0.2, 0) is 4.79 Å². The summed E-state index contributed by atoms with van der Waals surface area (Å²) in [6.07, 6.45) is 9.30. The standard InChI is InChI=1S/C25H38O4/c1-15-6-8-20-19(17(3)23(27)28)10-12-24(20,4)14-22(26)16(2)7-9-21-18(15)11-13-25(21,5)29/h6,9,17-20,22,26,29H,2,7-8,10-14H2,1,3-5H3,(H,27,28)/b15-6-,21-9-/t17-,18-,19-,20+,22+,24-,25+/m0/s1. The summed E-state index contributed by atoms with van der Waals surface area (Å²) in [6, 6.07) is 0. The second kappa shape index (κ2) is 8.03. The van der Waals surface area contributed by atoms with Crippen molar-refractivity contribution < 1.29 is 20.1 Å². The molecule has 0 amide bonds. The number of aliphatic carboxylic acids is 1. The normalized spacial score (nSPS) is 45.7. The first-order valence-corrected chi connectivity index (χ1v) is 11.1. The fourth-order valence-corrected chi connectivity index (χ4v) is 6.25. The van der Waals surface area contributed by atoms with E-state index in [-0.39, 0.29) is 29.1 Å². The average Bonchev–Trinajstić information content (AvgIpc) is 3.12. The molecule has 0 heterocycles. The summed E-state index contributed by atoms with van der Waals surface area (Å²) in [5.41, 5.74) is 2.20. The summed E-state index contributed by atoms with van der Waals surface area (Å²) < 4.78 is 0. The number of fused-ring (bicyclic) bond motifs is 2. The SMILES string of the molecule is C=C1C/C=C2/[C@@H](CC[C@@]2(C)O)/C(C)=C\C[C@@H]2[C@H]([C@H](C)C(=O)O)CC[C@@]2(C)C[C@H]1O. The molecule has 4 heteroatoms. The highest BCUT2D eigenvalue weighted by atomic mass is 16.4. The molecule has 0 aromatic rings. The van der Waals surface area contributed by atoms with Gasteiger partial charge in [-0.15, -0.1) is 0 Å². The maximum Gasteiger partial charge on any atom is 0.306 e. The maximum absolute atomic E-state index is 11.7. The van der Waals surface area contributed by atoms with Crippen molar-refractivity contribution in [2.45, 2.75) is 84.3 Å². The number of carboxylic acid groups (broad SMARTS) is 1. The molecule has 4 nitrogen and oxygen atoms in total. The number of hydrogen-bond donors (Lipinski definition) is 3. The van der Waals surface area contributed by atoms with Crippen molar-refractivity contribution in [1.29, 1.82) is 0 Å². The molecule has 29 heavy (non-hydrogen) atoms. The van der Waals surface area contributed by atoms with Crippen molar-refractivity contribution >= 4 is 5.97 Å². The van der Waals surface area contributed by atoms with Gasteiger partial charge in [0.2, 0.25) is 0 Å². The Morgan fingerprint density at radius 1 is 1.24 bits per heavy atom. The minimum absolute atomic E-state index is 0.0968. The van der Waals surface area contributed by atoms with Crippen LogP contribution in [0.1, 0.15) is 72.6 Å². The van der Waals surface area contributed by atoms with E-state index >= 15 is 0 Å². The predicted octanol–water partition coefficient (Wildman–Crippen LogP) is 4.87. The van der Waals surface area contributed by atoms with Crippen molar-refractivity contribution in [3.63, 3.8) is 0 Å². The molecule has 0 unspecified atom stereocenters. The molecule has 3 N–H and O–H groups in total. The number of aliphatic hydroxyl groups is 2. The van der Waals surface area contributed by atoms with E-state index in [1.165, 1.54) is 5.57 Å². The molecular weight excluding hydrogens is 364 g/mol. The van der Waals surface area contributed by atoms with Crippen molar-refractivity contribution in [3.05, 3.63) is 35.5 Å². The van der Waals surface area contributed by atoms with E-state index in [0.29, 0.717) is 12.8 Å². The molecule has 7 atom stereocenters. The monoisotopic (exact) mass is 402 g/mol. The van der Waals surface area contributed by atoms with Gasteiger partial charge < -0.3 is 15.3 Å². The summed E-state index contributed by atoms with van der Waals surface area (Å²) in [5, 5.41) is 31.4. The second-order valence-corrected chi connectivity index (χ2v) is 10.4. The topological polar surface area (TPSA) is 77.8 Å². The summed E-state index contributed by atoms with van der Waals surface area (Å²) in [5.74, 6) is -0.552. The number of carbonyl (C=O) groups is 1. The zero-order chi connectivity index (χ0) is 21.6. The van der Waals surface area contributed by atoms with E-state index in [4.69, 9.17) is 0 Å². The third kappa shape index (κ3) is 4.25. The van der Waals surface area contributed by atoms with E-state index in [1.54, 1.807) is 0 Å². The largest absolute Gasteiger partial charge is 0.481 e. The van der Waals surface area contributed by atoms with Gasteiger partial charge in [-0.25, -0.2) is 0 Å². The lowest BCUT2D eigenvalue weighted by Crippen LogP contribution is -2.34. The van der Waals surface area contributed by atoms with Gasteiger partial charge in [0.1, 0.15) is 0 Å². The van der Waals surface area contributed by atoms with Crippen molar-refractivity contribution in [1.82, 2.24) is 0 Å². The Balaban J connectivity index is 1.99. The molecule has 2 fully saturated rings. The van der Waals surface area contributed by atoms with E-state index in [2.05, 4.69) is 32.6 Å². The van der Waals surface area contributed by atoms with Crippen LogP contribution in [0.3, 0.4) is 0 Å². The fourth-order valence-electron chi connectivity index (χ4n) is 6.25. The fraction of sp³-hybridized carbons (Fsp3) is 0.720. The molecule has 2 saturated carbocycles. The van der Waals surface area contributed by atoms with Gasteiger partial charge in [-0.05, 0) is 87.2 Å². The first-order chi connectivity index (χ1) is 13.5. The smallest absolute Gasteiger partial charge is 0.306 e. The molecule has 3 rings (SSSR count). The number of rotatable bonds is 2. The van der Waals surface area contributed by atoms with Crippen LogP contribution in [0.15, 0.2) is 35.5 Å². The van der Waals surface area contributed by atoms with Crippen LogP contribution in [-0.4, -0.2) is 33.0 Å². The first-order valence-electron chi connectivity index (χ1n) is 11.1. The minimum atomic E-state index is -0.808. The van der Waals surface area contributed by atoms with E-state index in [1.807, 2.05) is 13.8 Å². The van der Waals surface area contributed by atoms with Crippen LogP contribution >= 0.6 is 0 Å². The highest BCUT2D eigenvalue weighted by molar-refractivity contribution is 5.70. The van der Waals surface area contributed by atoms with Gasteiger partial charge >= 0.3 is 5.97 Å². The molecule has 0 aromatic carbocycles. The summed E-state index contributed by atoms with van der Waals surface area (Å²) in [4.78, 5) is 11.7. The quantitative estimate of drug-likeness (QED) is 0.576. The Morgan fingerprint density at radius 2 is 1.93 bits per heavy atom. The van der Waals surface area contributed by atoms with Gasteiger partial charge in [0.25, 0.3) is 0 Å². The second-order valence-electron chi connectivity index (χ2n) is 10.4. The van der Waals surface area contributed by atoms with Crippen LogP contribution in [0, 0.1) is 29.1 Å². The van der Waals surface area contributed by atoms with E-state index in [9.17, 15) is 20.1 Å². The van der Waals surface area contributed by atoms with Crippen LogP contribution in [0.4, 0.5) is 0 Å². The molecule has 0 aliphatic heterocycles. The predicted molar refractivity (Wildman–Crippen MR) is 115 cm³/mol. The molecule has 3 aliphatic rings. The molecule has 0 bridgehead atoms. The van der Waals surface area contributed by atoms with Crippen molar-refractivity contribution in [3.8, 4) is 0 Å². The van der Waals surface area contributed by atoms with Crippen molar-refractivity contribution in [2.75, 3.05) is 0 Å². The van der Waals surface area contributed by atoms with Gasteiger partial charge in [0, 0.05) is 5.92 Å². The molecule has 0 aromatic heterocycles. The van der Waals surface area contributed by atoms with Crippen LogP contribution < -0.4 is 0 Å². The third-order valence-corrected chi connectivity index (χ3v) is 8.37. The average molecular weight is 403 g/mol. The third-order valence-electron chi connectivity index (χ3n) is 8.37. The van der Waals surface area contributed by atoms with Gasteiger partial charge in [-0.1, -0.05) is 38.2 Å². The Hall–Kier alpha value is -1.39. The zero-order valence-corrected chi connectivity index (χ0v) is 18.4. The van der Waals surface area contributed by atoms with Crippen molar-refractivity contribution in [2.24, 2.45) is 29.1 Å². The van der Waals surface area contributed by atoms with Gasteiger partial charge in [-0.3, -0.25) is 4.79 Å². The van der Waals surface area contributed by atoms with Gasteiger partial charge in [0.05, 0.1) is 17.6 Å². The summed E-state index contributed by atoms with van der Waals surface area (Å²) in [6.45, 7) is 12.2. The lowest BCUT2D eigenvalue weighted by molar-refractivity contribution is -0.143. The van der Waals surface area contributed by atoms with E-state index in [0.717, 1.165) is 43.3 Å². The number of carboxylic acids is 1. The highest BCUT2D eigenvalue weighted by Gasteiger charge is 2.48. The van der Waals surface area contributed by atoms with Gasteiger partial charge in [-0.2, -0.15) is 0 Å². The highest BCUT2D eigenvalue weighted by Crippen LogP contribution is 2.55. The lowest BCUT2D eigenvalue weighted by atomic mass is 9.68. The molecular formula is C25H38O4. The zero-order valence-electron chi connectivity index (χ0n) is 18.4.